The van der Waals surface area contributed by atoms with Gasteiger partial charge in [0.2, 0.25) is 0 Å². The average Bonchev–Trinajstić information content (AvgIpc) is 3.02. The molecule has 2 atom stereocenters. The number of rotatable bonds is 0. The van der Waals surface area contributed by atoms with Gasteiger partial charge in [0.25, 0.3) is 0 Å². The van der Waals surface area contributed by atoms with Crippen LogP contribution in [-0.2, 0) is 10.2 Å². The largest absolute Gasteiger partial charge is 0.299 e. The third-order valence-electron chi connectivity index (χ3n) is 6.13. The molecule has 1 nitrogen and oxygen atoms in total. The SMILES string of the molecule is Cc1ccc2c(c1)C1(CC(=O)C3C=CC=CC31)c1cc(C)ccc1-2. The van der Waals surface area contributed by atoms with Crippen molar-refractivity contribution in [1.29, 1.82) is 0 Å². The van der Waals surface area contributed by atoms with Crippen LogP contribution in [0.15, 0.2) is 60.7 Å². The van der Waals surface area contributed by atoms with Gasteiger partial charge in [-0.2, -0.15) is 0 Å². The molecule has 5 rings (SSSR count). The van der Waals surface area contributed by atoms with Crippen molar-refractivity contribution in [2.24, 2.45) is 11.8 Å². The van der Waals surface area contributed by atoms with Crippen LogP contribution in [0.5, 0.6) is 0 Å². The van der Waals surface area contributed by atoms with E-state index in [4.69, 9.17) is 0 Å². The second-order valence-corrected chi connectivity index (χ2v) is 7.53. The number of hydrogen-bond donors (Lipinski definition) is 0. The highest BCUT2D eigenvalue weighted by Crippen LogP contribution is 2.61. The molecule has 3 aliphatic rings. The molecule has 2 aromatic rings. The Morgan fingerprint density at radius 2 is 1.46 bits per heavy atom. The summed E-state index contributed by atoms with van der Waals surface area (Å²) in [6.45, 7) is 4.29. The molecule has 3 aliphatic carbocycles. The quantitative estimate of drug-likeness (QED) is 0.676. The predicted molar refractivity (Wildman–Crippen MR) is 97.0 cm³/mol. The number of fused-ring (bicyclic) bond motifs is 7. The standard InChI is InChI=1S/C23H20O/c1-14-7-9-16-17-10-8-15(2)12-21(17)23(20(16)11-14)13-22(24)18-5-3-4-6-19(18)23/h3-12,18-19H,13H2,1-2H3. The minimum atomic E-state index is -0.189. The molecule has 0 radical (unpaired) electrons. The second-order valence-electron chi connectivity index (χ2n) is 7.53. The first-order chi connectivity index (χ1) is 11.6. The summed E-state index contributed by atoms with van der Waals surface area (Å²) in [6.07, 6.45) is 9.13. The Balaban J connectivity index is 1.88. The van der Waals surface area contributed by atoms with Crippen LogP contribution in [0.25, 0.3) is 11.1 Å². The topological polar surface area (TPSA) is 17.1 Å². The van der Waals surface area contributed by atoms with Gasteiger partial charge in [0.1, 0.15) is 5.78 Å². The van der Waals surface area contributed by atoms with Gasteiger partial charge in [-0.3, -0.25) is 4.79 Å². The minimum Gasteiger partial charge on any atom is -0.299 e. The molecule has 0 heterocycles. The van der Waals surface area contributed by atoms with E-state index >= 15 is 0 Å². The lowest BCUT2D eigenvalue weighted by atomic mass is 9.67. The number of Topliss-reactive ketones (excluding diaryl/α,β-unsaturated/α-hetero) is 1. The van der Waals surface area contributed by atoms with Crippen molar-refractivity contribution in [3.05, 3.63) is 83.0 Å². The summed E-state index contributed by atoms with van der Waals surface area (Å²) >= 11 is 0. The number of allylic oxidation sites excluding steroid dienone is 4. The van der Waals surface area contributed by atoms with E-state index < -0.39 is 0 Å². The number of carbonyl (C=O) groups excluding carboxylic acids is 1. The number of hydrogen-bond acceptors (Lipinski definition) is 1. The van der Waals surface area contributed by atoms with Gasteiger partial charge in [-0.25, -0.2) is 0 Å². The summed E-state index contributed by atoms with van der Waals surface area (Å²) in [5, 5.41) is 0. The fourth-order valence-corrected chi connectivity index (χ4v) is 5.11. The highest BCUT2D eigenvalue weighted by molar-refractivity contribution is 5.94. The van der Waals surface area contributed by atoms with E-state index in [1.165, 1.54) is 33.4 Å². The first-order valence-corrected chi connectivity index (χ1v) is 8.71. The third-order valence-corrected chi connectivity index (χ3v) is 6.13. The first kappa shape index (κ1) is 14.0. The Kier molecular flexibility index (Phi) is 2.66. The molecule has 1 spiro atoms. The molecule has 2 unspecified atom stereocenters. The lowest BCUT2D eigenvalue weighted by Crippen LogP contribution is -2.31. The summed E-state index contributed by atoms with van der Waals surface area (Å²) in [6, 6.07) is 13.5. The molecule has 0 aliphatic heterocycles. The molecule has 0 bridgehead atoms. The maximum atomic E-state index is 12.9. The molecule has 0 aromatic heterocycles. The Morgan fingerprint density at radius 1 is 0.875 bits per heavy atom. The van der Waals surface area contributed by atoms with Crippen LogP contribution in [0.4, 0.5) is 0 Å². The highest BCUT2D eigenvalue weighted by atomic mass is 16.1. The van der Waals surface area contributed by atoms with Crippen LogP contribution in [-0.4, -0.2) is 5.78 Å². The second kappa shape index (κ2) is 4.57. The van der Waals surface area contributed by atoms with Gasteiger partial charge in [0.05, 0.1) is 0 Å². The molecule has 118 valence electrons. The fraction of sp³-hybridized carbons (Fsp3) is 0.261. The Hall–Kier alpha value is -2.41. The van der Waals surface area contributed by atoms with Crippen molar-refractivity contribution in [2.75, 3.05) is 0 Å². The van der Waals surface area contributed by atoms with Crippen LogP contribution in [0.3, 0.4) is 0 Å². The van der Waals surface area contributed by atoms with Gasteiger partial charge in [-0.1, -0.05) is 71.8 Å². The highest BCUT2D eigenvalue weighted by Gasteiger charge is 2.57. The van der Waals surface area contributed by atoms with Crippen molar-refractivity contribution in [2.45, 2.75) is 25.7 Å². The zero-order valence-corrected chi connectivity index (χ0v) is 14.0. The van der Waals surface area contributed by atoms with E-state index in [0.717, 1.165) is 0 Å². The molecule has 0 saturated heterocycles. The molecule has 0 amide bonds. The van der Waals surface area contributed by atoms with E-state index in [1.807, 2.05) is 6.08 Å². The van der Waals surface area contributed by atoms with E-state index in [1.54, 1.807) is 0 Å². The van der Waals surface area contributed by atoms with E-state index in [-0.39, 0.29) is 17.3 Å². The average molecular weight is 312 g/mol. The van der Waals surface area contributed by atoms with Gasteiger partial charge in [-0.05, 0) is 36.1 Å². The molecule has 2 aromatic carbocycles. The van der Waals surface area contributed by atoms with Crippen molar-refractivity contribution in [1.82, 2.24) is 0 Å². The number of ketones is 1. The number of benzene rings is 2. The summed E-state index contributed by atoms with van der Waals surface area (Å²) in [7, 11) is 0. The molecule has 1 fully saturated rings. The monoisotopic (exact) mass is 312 g/mol. The third kappa shape index (κ3) is 1.57. The van der Waals surface area contributed by atoms with Gasteiger partial charge < -0.3 is 0 Å². The normalized spacial score (nSPS) is 25.0. The van der Waals surface area contributed by atoms with Gasteiger partial charge in [0, 0.05) is 23.7 Å². The molecular weight excluding hydrogens is 292 g/mol. The predicted octanol–water partition coefficient (Wildman–Crippen LogP) is 4.90. The summed E-state index contributed by atoms with van der Waals surface area (Å²) in [5.74, 6) is 0.635. The van der Waals surface area contributed by atoms with Crippen molar-refractivity contribution in [3.63, 3.8) is 0 Å². The van der Waals surface area contributed by atoms with Gasteiger partial charge >= 0.3 is 0 Å². The van der Waals surface area contributed by atoms with Crippen LogP contribution in [0.1, 0.15) is 28.7 Å². The Labute approximate surface area is 142 Å². The lowest BCUT2D eigenvalue weighted by Gasteiger charge is -2.34. The fourth-order valence-electron chi connectivity index (χ4n) is 5.11. The molecule has 1 heteroatoms. The van der Waals surface area contributed by atoms with Crippen LogP contribution in [0.2, 0.25) is 0 Å². The van der Waals surface area contributed by atoms with Crippen molar-refractivity contribution >= 4 is 5.78 Å². The van der Waals surface area contributed by atoms with E-state index in [0.29, 0.717) is 12.2 Å². The van der Waals surface area contributed by atoms with Gasteiger partial charge in [0.15, 0.2) is 0 Å². The van der Waals surface area contributed by atoms with Crippen LogP contribution < -0.4 is 0 Å². The molecule has 24 heavy (non-hydrogen) atoms. The lowest BCUT2D eigenvalue weighted by molar-refractivity contribution is -0.119. The molecule has 1 saturated carbocycles. The van der Waals surface area contributed by atoms with Crippen molar-refractivity contribution < 1.29 is 4.79 Å². The summed E-state index contributed by atoms with van der Waals surface area (Å²) < 4.78 is 0. The zero-order chi connectivity index (χ0) is 16.5. The minimum absolute atomic E-state index is 0.0230. The van der Waals surface area contributed by atoms with Crippen LogP contribution in [0, 0.1) is 25.7 Å². The van der Waals surface area contributed by atoms with Crippen molar-refractivity contribution in [3.8, 4) is 11.1 Å². The number of carbonyl (C=O) groups is 1. The maximum Gasteiger partial charge on any atom is 0.141 e. The first-order valence-electron chi connectivity index (χ1n) is 8.71. The smallest absolute Gasteiger partial charge is 0.141 e. The van der Waals surface area contributed by atoms with E-state index in [2.05, 4.69) is 68.5 Å². The van der Waals surface area contributed by atoms with Crippen LogP contribution >= 0.6 is 0 Å². The number of aryl methyl sites for hydroxylation is 2. The zero-order valence-electron chi connectivity index (χ0n) is 14.0. The maximum absolute atomic E-state index is 12.9. The summed E-state index contributed by atoms with van der Waals surface area (Å²) in [5.41, 5.74) is 7.67. The van der Waals surface area contributed by atoms with Gasteiger partial charge in [-0.15, -0.1) is 0 Å². The Bertz CT molecular complexity index is 893. The summed E-state index contributed by atoms with van der Waals surface area (Å²) in [4.78, 5) is 12.9. The molecule has 0 N–H and O–H groups in total. The molecular formula is C23H20O. The van der Waals surface area contributed by atoms with E-state index in [9.17, 15) is 4.79 Å². The Morgan fingerprint density at radius 3 is 2.08 bits per heavy atom.